The van der Waals surface area contributed by atoms with Crippen LogP contribution in [0.3, 0.4) is 0 Å². The largest absolute Gasteiger partial charge is 0.494 e. The van der Waals surface area contributed by atoms with E-state index < -0.39 is 11.6 Å². The lowest BCUT2D eigenvalue weighted by atomic mass is 9.78. The Balaban J connectivity index is 1.39. The Morgan fingerprint density at radius 3 is 2.52 bits per heavy atom. The van der Waals surface area contributed by atoms with Crippen LogP contribution >= 0.6 is 15.9 Å². The first-order valence-corrected chi connectivity index (χ1v) is 14.9. The minimum atomic E-state index is -1.31. The van der Waals surface area contributed by atoms with Crippen molar-refractivity contribution in [1.82, 2.24) is 4.90 Å². The Kier molecular flexibility index (Phi) is 8.28. The van der Waals surface area contributed by atoms with Gasteiger partial charge in [0, 0.05) is 48.3 Å². The molecule has 2 atom stereocenters. The molecule has 10 heteroatoms. The number of ether oxygens (including phenoxy) is 3. The first-order valence-electron chi connectivity index (χ1n) is 14.1. The van der Waals surface area contributed by atoms with Crippen LogP contribution in [-0.2, 0) is 25.5 Å². The number of hydrogen-bond donors (Lipinski definition) is 1. The number of aliphatic hydroxyl groups is 1. The molecule has 0 saturated carbocycles. The molecule has 0 radical (unpaired) electrons. The highest BCUT2D eigenvalue weighted by Gasteiger charge is 2.57. The number of morpholine rings is 1. The number of amides is 2. The van der Waals surface area contributed by atoms with E-state index >= 15 is 0 Å². The molecular formula is C32H32BrN3O6. The van der Waals surface area contributed by atoms with E-state index in [4.69, 9.17) is 24.3 Å². The Morgan fingerprint density at radius 1 is 1.05 bits per heavy atom. The van der Waals surface area contributed by atoms with Gasteiger partial charge < -0.3 is 29.1 Å². The van der Waals surface area contributed by atoms with Crippen LogP contribution in [0.1, 0.15) is 29.2 Å². The minimum Gasteiger partial charge on any atom is -0.494 e. The van der Waals surface area contributed by atoms with Crippen LogP contribution in [0.2, 0.25) is 0 Å². The lowest BCUT2D eigenvalue weighted by Crippen LogP contribution is -2.58. The molecule has 9 nitrogen and oxygen atoms in total. The summed E-state index contributed by atoms with van der Waals surface area (Å²) >= 11 is 3.51. The number of carbonyl (C=O) groups is 2. The number of aliphatic imine (C=N–C) groups is 1. The number of benzene rings is 3. The van der Waals surface area contributed by atoms with Gasteiger partial charge in [0.25, 0.3) is 5.91 Å². The average Bonchev–Trinajstić information content (AvgIpc) is 3.40. The molecule has 3 aliphatic heterocycles. The molecule has 0 bridgehead atoms. The van der Waals surface area contributed by atoms with Gasteiger partial charge in [-0.25, -0.2) is 4.99 Å². The summed E-state index contributed by atoms with van der Waals surface area (Å²) < 4.78 is 18.6. The molecule has 42 heavy (non-hydrogen) atoms. The third kappa shape index (κ3) is 5.54. The van der Waals surface area contributed by atoms with Gasteiger partial charge in [-0.1, -0.05) is 46.3 Å². The number of rotatable bonds is 8. The third-order valence-electron chi connectivity index (χ3n) is 7.82. The highest BCUT2D eigenvalue weighted by atomic mass is 79.9. The predicted octanol–water partition coefficient (Wildman–Crippen LogP) is 3.92. The summed E-state index contributed by atoms with van der Waals surface area (Å²) in [5, 5.41) is 9.03. The molecule has 0 unspecified atom stereocenters. The number of nitrogens with zero attached hydrogens (tertiary/aromatic N) is 3. The smallest absolute Gasteiger partial charge is 0.260 e. The fourth-order valence-electron chi connectivity index (χ4n) is 5.67. The van der Waals surface area contributed by atoms with Crippen LogP contribution in [0, 0.1) is 0 Å². The molecule has 3 aromatic rings. The van der Waals surface area contributed by atoms with Gasteiger partial charge in [-0.2, -0.15) is 0 Å². The van der Waals surface area contributed by atoms with Gasteiger partial charge in [-0.15, -0.1) is 0 Å². The van der Waals surface area contributed by atoms with Crippen LogP contribution in [0.4, 0.5) is 5.69 Å². The van der Waals surface area contributed by atoms with Crippen molar-refractivity contribution in [2.45, 2.75) is 24.5 Å². The lowest BCUT2D eigenvalue weighted by Gasteiger charge is -2.41. The Labute approximate surface area is 252 Å². The van der Waals surface area contributed by atoms with E-state index in [1.807, 2.05) is 72.8 Å². The first kappa shape index (κ1) is 28.4. The second-order valence-electron chi connectivity index (χ2n) is 10.5. The maximum atomic E-state index is 14.7. The zero-order chi connectivity index (χ0) is 29.1. The molecule has 3 aromatic carbocycles. The second kappa shape index (κ2) is 12.2. The summed E-state index contributed by atoms with van der Waals surface area (Å²) in [6, 6.07) is 22.8. The number of aliphatic hydroxyl groups excluding tert-OH is 1. The van der Waals surface area contributed by atoms with Gasteiger partial charge in [0.05, 0.1) is 19.8 Å². The topological polar surface area (TPSA) is 101 Å². The van der Waals surface area contributed by atoms with Crippen molar-refractivity contribution in [2.24, 2.45) is 4.99 Å². The van der Waals surface area contributed by atoms with Gasteiger partial charge in [0.15, 0.2) is 11.6 Å². The summed E-state index contributed by atoms with van der Waals surface area (Å²) in [5.74, 6) is 0.630. The molecule has 2 amide bonds. The lowest BCUT2D eigenvalue weighted by molar-refractivity contribution is -0.136. The molecule has 218 valence electrons. The third-order valence-corrected chi connectivity index (χ3v) is 8.35. The number of halogens is 1. The molecule has 1 spiro atoms. The molecule has 1 fully saturated rings. The molecular weight excluding hydrogens is 602 g/mol. The van der Waals surface area contributed by atoms with Crippen molar-refractivity contribution in [3.63, 3.8) is 0 Å². The van der Waals surface area contributed by atoms with Gasteiger partial charge >= 0.3 is 0 Å². The summed E-state index contributed by atoms with van der Waals surface area (Å²) in [7, 11) is 0. The summed E-state index contributed by atoms with van der Waals surface area (Å²) in [5.41, 5.74) is 1.87. The zero-order valence-electron chi connectivity index (χ0n) is 23.1. The van der Waals surface area contributed by atoms with Gasteiger partial charge in [0.2, 0.25) is 11.8 Å². The molecule has 1 N–H and O–H groups in total. The highest BCUT2D eigenvalue weighted by Crippen LogP contribution is 2.47. The molecule has 1 saturated heterocycles. The minimum absolute atomic E-state index is 0.0640. The van der Waals surface area contributed by atoms with E-state index in [0.29, 0.717) is 63.0 Å². The van der Waals surface area contributed by atoms with Crippen molar-refractivity contribution in [3.05, 3.63) is 94.0 Å². The van der Waals surface area contributed by atoms with Crippen LogP contribution in [0.15, 0.2) is 82.3 Å². The van der Waals surface area contributed by atoms with Crippen LogP contribution in [-0.4, -0.2) is 79.3 Å². The number of para-hydroxylation sites is 1. The van der Waals surface area contributed by atoms with E-state index in [1.165, 1.54) is 0 Å². The zero-order valence-corrected chi connectivity index (χ0v) is 24.7. The van der Waals surface area contributed by atoms with E-state index in [-0.39, 0.29) is 25.0 Å². The summed E-state index contributed by atoms with van der Waals surface area (Å²) in [6.45, 7) is 2.36. The monoisotopic (exact) mass is 633 g/mol. The predicted molar refractivity (Wildman–Crippen MR) is 161 cm³/mol. The van der Waals surface area contributed by atoms with Crippen molar-refractivity contribution >= 4 is 39.3 Å². The molecule has 0 aliphatic carbocycles. The van der Waals surface area contributed by atoms with Crippen molar-refractivity contribution in [3.8, 4) is 5.75 Å². The quantitative estimate of drug-likeness (QED) is 0.378. The molecule has 3 aliphatic rings. The number of carbonyl (C=O) groups excluding carboxylic acids is 2. The molecule has 0 aromatic heterocycles. The van der Waals surface area contributed by atoms with Gasteiger partial charge in [-0.05, 0) is 53.6 Å². The number of hydrogen-bond acceptors (Lipinski definition) is 7. The van der Waals surface area contributed by atoms with Gasteiger partial charge in [0.1, 0.15) is 12.3 Å². The highest BCUT2D eigenvalue weighted by molar-refractivity contribution is 9.10. The van der Waals surface area contributed by atoms with E-state index in [1.54, 1.807) is 9.80 Å². The SMILES string of the molecule is O=C(CN1C(=O)[C@@]2(Cc3ccccc31)N=C(c1ccc(OCCCO)cc1)O[C@H]2c1ccc(Br)cc1)N1CCOCC1. The van der Waals surface area contributed by atoms with Crippen molar-refractivity contribution in [1.29, 1.82) is 0 Å². The van der Waals surface area contributed by atoms with E-state index in [2.05, 4.69) is 15.9 Å². The summed E-state index contributed by atoms with van der Waals surface area (Å²) in [4.78, 5) is 36.4. The second-order valence-corrected chi connectivity index (χ2v) is 11.4. The fourth-order valence-corrected chi connectivity index (χ4v) is 5.93. The standard InChI is InChI=1S/C32H32BrN3O6/c33-25-10-6-22(7-11-25)29-32(34-30(42-29)23-8-12-26(13-9-23)41-17-3-16-37)20-24-4-1-2-5-27(24)36(31(32)39)21-28(38)35-14-18-40-19-15-35/h1-2,4-13,29,37H,3,14-21H2/t29-,32-/m0/s1. The maximum Gasteiger partial charge on any atom is 0.260 e. The number of anilines is 1. The number of fused-ring (bicyclic) bond motifs is 1. The normalized spacial score (nSPS) is 21.6. The Hall–Kier alpha value is -3.73. The average molecular weight is 635 g/mol. The maximum absolute atomic E-state index is 14.7. The van der Waals surface area contributed by atoms with Gasteiger partial charge in [-0.3, -0.25) is 9.59 Å². The van der Waals surface area contributed by atoms with E-state index in [0.717, 1.165) is 21.3 Å². The fraction of sp³-hybridized carbons (Fsp3) is 0.344. The molecule has 6 rings (SSSR count). The molecule has 3 heterocycles. The van der Waals surface area contributed by atoms with E-state index in [9.17, 15) is 9.59 Å². The Bertz CT molecular complexity index is 1470. The first-order chi connectivity index (χ1) is 20.5. The van der Waals surface area contributed by atoms with Crippen molar-refractivity contribution in [2.75, 3.05) is 51.0 Å². The Morgan fingerprint density at radius 2 is 1.79 bits per heavy atom. The van der Waals surface area contributed by atoms with Crippen LogP contribution < -0.4 is 9.64 Å². The van der Waals surface area contributed by atoms with Crippen LogP contribution in [0.25, 0.3) is 0 Å². The van der Waals surface area contributed by atoms with Crippen molar-refractivity contribution < 1.29 is 28.9 Å². The summed E-state index contributed by atoms with van der Waals surface area (Å²) in [6.07, 6.45) is 0.169. The van der Waals surface area contributed by atoms with Crippen LogP contribution in [0.5, 0.6) is 5.75 Å².